The van der Waals surface area contributed by atoms with E-state index in [1.807, 2.05) is 38.1 Å². The van der Waals surface area contributed by atoms with Gasteiger partial charge in [0, 0.05) is 12.2 Å². The van der Waals surface area contributed by atoms with Crippen LogP contribution in [-0.4, -0.2) is 27.5 Å². The van der Waals surface area contributed by atoms with Crippen LogP contribution >= 0.6 is 0 Å². The molecule has 3 rings (SSSR count). The molecule has 0 spiro atoms. The molecule has 0 radical (unpaired) electrons. The predicted molar refractivity (Wildman–Crippen MR) is 128 cm³/mol. The van der Waals surface area contributed by atoms with Crippen LogP contribution in [0.25, 0.3) is 0 Å². The monoisotopic (exact) mass is 468 g/mol. The lowest BCUT2D eigenvalue weighted by molar-refractivity contribution is -0.123. The van der Waals surface area contributed by atoms with Gasteiger partial charge >= 0.3 is 0 Å². The van der Waals surface area contributed by atoms with Crippen LogP contribution in [0.5, 0.6) is 11.5 Å². The summed E-state index contributed by atoms with van der Waals surface area (Å²) >= 11 is 0. The Bertz CT molecular complexity index is 1210. The van der Waals surface area contributed by atoms with Crippen molar-refractivity contribution in [3.63, 3.8) is 0 Å². The van der Waals surface area contributed by atoms with Crippen molar-refractivity contribution < 1.29 is 22.7 Å². The highest BCUT2D eigenvalue weighted by Crippen LogP contribution is 2.24. The van der Waals surface area contributed by atoms with Crippen molar-refractivity contribution in [1.82, 2.24) is 5.32 Å². The number of aryl methyl sites for hydroxylation is 2. The number of sulfonamides is 1. The Balaban J connectivity index is 1.57. The molecular formula is C25H28N2O5S. The topological polar surface area (TPSA) is 93.7 Å². The van der Waals surface area contributed by atoms with Gasteiger partial charge in [-0.25, -0.2) is 8.42 Å². The number of carbonyl (C=O) groups is 1. The van der Waals surface area contributed by atoms with Crippen LogP contribution < -0.4 is 19.5 Å². The summed E-state index contributed by atoms with van der Waals surface area (Å²) in [6.45, 7) is 6.39. The molecule has 0 atom stereocenters. The van der Waals surface area contributed by atoms with E-state index in [2.05, 4.69) is 10.0 Å². The van der Waals surface area contributed by atoms with Crippen LogP contribution in [0, 0.1) is 13.8 Å². The molecule has 0 aliphatic rings. The maximum Gasteiger partial charge on any atom is 0.261 e. The molecule has 0 fully saturated rings. The molecule has 8 heteroatoms. The SMILES string of the molecule is CCOc1ccc(NS(=O)(=O)c2ccc(OCC(=O)NCc3cccc(C)c3)c(C)c2)cc1. The second kappa shape index (κ2) is 10.9. The summed E-state index contributed by atoms with van der Waals surface area (Å²) < 4.78 is 39.0. The Hall–Kier alpha value is -3.52. The smallest absolute Gasteiger partial charge is 0.261 e. The lowest BCUT2D eigenvalue weighted by Gasteiger charge is -2.13. The fourth-order valence-corrected chi connectivity index (χ4v) is 4.31. The van der Waals surface area contributed by atoms with Gasteiger partial charge in [0.1, 0.15) is 11.5 Å². The molecule has 2 N–H and O–H groups in total. The average Bonchev–Trinajstić information content (AvgIpc) is 2.78. The van der Waals surface area contributed by atoms with Gasteiger partial charge in [-0.15, -0.1) is 0 Å². The number of hydrogen-bond acceptors (Lipinski definition) is 5. The highest BCUT2D eigenvalue weighted by atomic mass is 32.2. The summed E-state index contributed by atoms with van der Waals surface area (Å²) in [6.07, 6.45) is 0. The normalized spacial score (nSPS) is 11.0. The van der Waals surface area contributed by atoms with Crippen molar-refractivity contribution in [3.05, 3.63) is 83.4 Å². The highest BCUT2D eigenvalue weighted by molar-refractivity contribution is 7.92. The highest BCUT2D eigenvalue weighted by Gasteiger charge is 2.16. The molecule has 3 aromatic rings. The largest absolute Gasteiger partial charge is 0.494 e. The van der Waals surface area contributed by atoms with Gasteiger partial charge in [0.15, 0.2) is 6.61 Å². The van der Waals surface area contributed by atoms with Crippen molar-refractivity contribution in [2.45, 2.75) is 32.2 Å². The Kier molecular flexibility index (Phi) is 7.95. The van der Waals surface area contributed by atoms with E-state index in [0.717, 1.165) is 11.1 Å². The first-order chi connectivity index (χ1) is 15.8. The Morgan fingerprint density at radius 3 is 2.36 bits per heavy atom. The van der Waals surface area contributed by atoms with Crippen LogP contribution in [0.15, 0.2) is 71.6 Å². The van der Waals surface area contributed by atoms with E-state index < -0.39 is 10.0 Å². The third-order valence-corrected chi connectivity index (χ3v) is 6.18. The minimum atomic E-state index is -3.78. The molecule has 0 bridgehead atoms. The average molecular weight is 469 g/mol. The summed E-state index contributed by atoms with van der Waals surface area (Å²) in [4.78, 5) is 12.2. The number of anilines is 1. The molecule has 3 aromatic carbocycles. The number of benzene rings is 3. The van der Waals surface area contributed by atoms with Gasteiger partial charge in [-0.05, 0) is 74.4 Å². The quantitative estimate of drug-likeness (QED) is 0.465. The Morgan fingerprint density at radius 2 is 1.70 bits per heavy atom. The molecule has 1 amide bonds. The second-order valence-electron chi connectivity index (χ2n) is 7.54. The minimum Gasteiger partial charge on any atom is -0.494 e. The molecule has 174 valence electrons. The van der Waals surface area contributed by atoms with Gasteiger partial charge in [0.05, 0.1) is 11.5 Å². The molecule has 7 nitrogen and oxygen atoms in total. The van der Waals surface area contributed by atoms with Crippen LogP contribution in [0.1, 0.15) is 23.6 Å². The number of rotatable bonds is 10. The second-order valence-corrected chi connectivity index (χ2v) is 9.23. The number of hydrogen-bond donors (Lipinski definition) is 2. The lowest BCUT2D eigenvalue weighted by Crippen LogP contribution is -2.28. The van der Waals surface area contributed by atoms with Crippen molar-refractivity contribution in [2.75, 3.05) is 17.9 Å². The number of ether oxygens (including phenoxy) is 2. The van der Waals surface area contributed by atoms with E-state index >= 15 is 0 Å². The summed E-state index contributed by atoms with van der Waals surface area (Å²) in [5.74, 6) is 0.853. The first kappa shape index (κ1) is 24.1. The van der Waals surface area contributed by atoms with E-state index in [9.17, 15) is 13.2 Å². The van der Waals surface area contributed by atoms with Crippen LogP contribution in [-0.2, 0) is 21.4 Å². The minimum absolute atomic E-state index is 0.102. The zero-order chi connectivity index (χ0) is 23.8. The fraction of sp³-hybridized carbons (Fsp3) is 0.240. The molecule has 0 saturated carbocycles. The third kappa shape index (κ3) is 6.98. The first-order valence-corrected chi connectivity index (χ1v) is 12.1. The van der Waals surface area contributed by atoms with Gasteiger partial charge in [0.2, 0.25) is 0 Å². The van der Waals surface area contributed by atoms with Gasteiger partial charge in [-0.3, -0.25) is 9.52 Å². The van der Waals surface area contributed by atoms with Crippen molar-refractivity contribution >= 4 is 21.6 Å². The van der Waals surface area contributed by atoms with E-state index in [-0.39, 0.29) is 17.4 Å². The van der Waals surface area contributed by atoms with Crippen LogP contribution in [0.3, 0.4) is 0 Å². The summed E-state index contributed by atoms with van der Waals surface area (Å²) in [5, 5.41) is 2.81. The molecular weight excluding hydrogens is 440 g/mol. The van der Waals surface area contributed by atoms with Gasteiger partial charge in [-0.2, -0.15) is 0 Å². The van der Waals surface area contributed by atoms with Gasteiger partial charge < -0.3 is 14.8 Å². The van der Waals surface area contributed by atoms with E-state index in [0.29, 0.717) is 35.9 Å². The Labute approximate surface area is 194 Å². The molecule has 0 aliphatic carbocycles. The van der Waals surface area contributed by atoms with Crippen molar-refractivity contribution in [3.8, 4) is 11.5 Å². The molecule has 33 heavy (non-hydrogen) atoms. The van der Waals surface area contributed by atoms with E-state index in [4.69, 9.17) is 9.47 Å². The van der Waals surface area contributed by atoms with Gasteiger partial charge in [-0.1, -0.05) is 29.8 Å². The Morgan fingerprint density at radius 1 is 0.939 bits per heavy atom. The standard InChI is InChI=1S/C25H28N2O5S/c1-4-31-22-10-8-21(9-11-22)27-33(29,30)23-12-13-24(19(3)15-23)32-17-25(28)26-16-20-7-5-6-18(2)14-20/h5-15,27H,4,16-17H2,1-3H3,(H,26,28). The van der Waals surface area contributed by atoms with Crippen LogP contribution in [0.4, 0.5) is 5.69 Å². The molecule has 0 aliphatic heterocycles. The lowest BCUT2D eigenvalue weighted by atomic mass is 10.1. The van der Waals surface area contributed by atoms with E-state index in [1.54, 1.807) is 37.3 Å². The number of carbonyl (C=O) groups excluding carboxylic acids is 1. The first-order valence-electron chi connectivity index (χ1n) is 10.6. The zero-order valence-corrected chi connectivity index (χ0v) is 19.7. The maximum absolute atomic E-state index is 12.7. The fourth-order valence-electron chi connectivity index (χ4n) is 3.17. The summed E-state index contributed by atoms with van der Waals surface area (Å²) in [5.41, 5.74) is 3.17. The zero-order valence-electron chi connectivity index (χ0n) is 18.9. The maximum atomic E-state index is 12.7. The van der Waals surface area contributed by atoms with Crippen LogP contribution in [0.2, 0.25) is 0 Å². The molecule has 0 unspecified atom stereocenters. The summed E-state index contributed by atoms with van der Waals surface area (Å²) in [7, 11) is -3.78. The molecule has 0 aromatic heterocycles. The predicted octanol–water partition coefficient (Wildman–Crippen LogP) is 4.20. The third-order valence-electron chi connectivity index (χ3n) is 4.81. The molecule has 0 heterocycles. The number of nitrogens with one attached hydrogen (secondary N) is 2. The van der Waals surface area contributed by atoms with E-state index in [1.165, 1.54) is 12.1 Å². The van der Waals surface area contributed by atoms with Crippen molar-refractivity contribution in [2.24, 2.45) is 0 Å². The molecule has 0 saturated heterocycles. The van der Waals surface area contributed by atoms with Crippen molar-refractivity contribution in [1.29, 1.82) is 0 Å². The van der Waals surface area contributed by atoms with Gasteiger partial charge in [0.25, 0.3) is 15.9 Å². The summed E-state index contributed by atoms with van der Waals surface area (Å²) in [6, 6.07) is 19.1. The number of amides is 1.